The van der Waals surface area contributed by atoms with Crippen LogP contribution in [0, 0.1) is 0 Å². The Kier molecular flexibility index (Phi) is 4.59. The van der Waals surface area contributed by atoms with E-state index < -0.39 is 0 Å². The Balaban J connectivity index is 1.85. The van der Waals surface area contributed by atoms with Crippen LogP contribution in [-0.2, 0) is 0 Å². The number of nitrogens with one attached hydrogen (secondary N) is 1. The zero-order valence-electron chi connectivity index (χ0n) is 12.1. The molecule has 0 saturated carbocycles. The second-order valence-electron chi connectivity index (χ2n) is 4.76. The molecule has 0 atom stereocenters. The molecular weight excluding hydrogens is 308 g/mol. The summed E-state index contributed by atoms with van der Waals surface area (Å²) in [7, 11) is 0. The lowest BCUT2D eigenvalue weighted by molar-refractivity contribution is 0.265. The maximum Gasteiger partial charge on any atom is 0.289 e. The van der Waals surface area contributed by atoms with Crippen molar-refractivity contribution in [3.63, 3.8) is 0 Å². The number of hydrogen-bond donors (Lipinski definition) is 2. The summed E-state index contributed by atoms with van der Waals surface area (Å²) in [6.45, 7) is 0. The van der Waals surface area contributed by atoms with Crippen molar-refractivity contribution < 1.29 is 9.90 Å². The zero-order chi connectivity index (χ0) is 16.1. The summed E-state index contributed by atoms with van der Waals surface area (Å²) < 4.78 is 0. The van der Waals surface area contributed by atoms with Gasteiger partial charge in [0.05, 0.1) is 4.91 Å². The summed E-state index contributed by atoms with van der Waals surface area (Å²) in [5.41, 5.74) is 1.49. The van der Waals surface area contributed by atoms with E-state index in [0.29, 0.717) is 16.4 Å². The molecule has 0 aromatic heterocycles. The van der Waals surface area contributed by atoms with Crippen LogP contribution in [0.25, 0.3) is 6.08 Å². The van der Waals surface area contributed by atoms with Gasteiger partial charge in [-0.3, -0.25) is 4.79 Å². The Morgan fingerprint density at radius 2 is 1.78 bits per heavy atom. The van der Waals surface area contributed by atoms with Gasteiger partial charge in [0.15, 0.2) is 0 Å². The van der Waals surface area contributed by atoms with Crippen LogP contribution in [0.4, 0.5) is 10.5 Å². The highest BCUT2D eigenvalue weighted by molar-refractivity contribution is 8.18. The third-order valence-electron chi connectivity index (χ3n) is 3.11. The van der Waals surface area contributed by atoms with Crippen molar-refractivity contribution in [1.29, 1.82) is 0 Å². The molecule has 4 nitrogen and oxygen atoms in total. The third kappa shape index (κ3) is 3.90. The third-order valence-corrected chi connectivity index (χ3v) is 3.94. The number of rotatable bonds is 3. The Morgan fingerprint density at radius 1 is 1.04 bits per heavy atom. The lowest BCUT2D eigenvalue weighted by atomic mass is 10.2. The molecule has 1 heterocycles. The number of phenolic OH excluding ortho intramolecular Hbond substituents is 1. The average Bonchev–Trinajstić information content (AvgIpc) is 2.90. The number of carbonyl (C=O) groups is 1. The number of phenols is 1. The number of allylic oxidation sites excluding steroid dienone is 2. The molecule has 0 bridgehead atoms. The highest BCUT2D eigenvalue weighted by Gasteiger charge is 2.23. The minimum atomic E-state index is -0.182. The van der Waals surface area contributed by atoms with E-state index in [9.17, 15) is 9.90 Å². The van der Waals surface area contributed by atoms with Gasteiger partial charge in [0.1, 0.15) is 17.3 Å². The zero-order valence-corrected chi connectivity index (χ0v) is 13.0. The maximum atomic E-state index is 11.6. The van der Waals surface area contributed by atoms with Crippen LogP contribution in [0.5, 0.6) is 5.75 Å². The molecule has 1 saturated heterocycles. The number of aliphatic imine (C=N–C) groups is 1. The molecule has 23 heavy (non-hydrogen) atoms. The van der Waals surface area contributed by atoms with E-state index in [1.165, 1.54) is 0 Å². The number of para-hydroxylation sites is 2. The molecule has 1 amide bonds. The van der Waals surface area contributed by atoms with Crippen molar-refractivity contribution in [1.82, 2.24) is 5.32 Å². The molecule has 114 valence electrons. The van der Waals surface area contributed by atoms with Crippen LogP contribution in [0.1, 0.15) is 5.56 Å². The van der Waals surface area contributed by atoms with Crippen LogP contribution in [0.2, 0.25) is 0 Å². The molecule has 1 fully saturated rings. The lowest BCUT2D eigenvalue weighted by Gasteiger charge is -2.00. The number of thioether (sulfide) groups is 1. The molecule has 2 aromatic rings. The number of carbonyl (C=O) groups excluding carboxylic acids is 1. The first-order valence-electron chi connectivity index (χ1n) is 7.02. The number of amidine groups is 1. The first kappa shape index (κ1) is 15.1. The van der Waals surface area contributed by atoms with Crippen LogP contribution in [0.15, 0.2) is 76.6 Å². The molecule has 2 N–H and O–H groups in total. The second kappa shape index (κ2) is 6.98. The summed E-state index contributed by atoms with van der Waals surface area (Å²) in [5.74, 6) is 0.518. The van der Waals surface area contributed by atoms with E-state index >= 15 is 0 Å². The number of amides is 1. The SMILES string of the molecule is O=C1NC(=Nc2ccccc2O)/C(=C\C=C\c2ccccc2)S1. The fourth-order valence-electron chi connectivity index (χ4n) is 2.02. The monoisotopic (exact) mass is 322 g/mol. The fraction of sp³-hybridized carbons (Fsp3) is 0. The van der Waals surface area contributed by atoms with Gasteiger partial charge in [0.2, 0.25) is 0 Å². The molecule has 1 aliphatic rings. The predicted molar refractivity (Wildman–Crippen MR) is 94.9 cm³/mol. The summed E-state index contributed by atoms with van der Waals surface area (Å²) in [6, 6.07) is 16.6. The van der Waals surface area contributed by atoms with E-state index in [2.05, 4.69) is 10.3 Å². The molecule has 0 radical (unpaired) electrons. The minimum Gasteiger partial charge on any atom is -0.506 e. The van der Waals surface area contributed by atoms with Crippen molar-refractivity contribution >= 4 is 34.6 Å². The normalized spacial score (nSPS) is 18.0. The molecule has 0 spiro atoms. The van der Waals surface area contributed by atoms with Gasteiger partial charge >= 0.3 is 0 Å². The number of aromatic hydroxyl groups is 1. The Morgan fingerprint density at radius 3 is 2.57 bits per heavy atom. The van der Waals surface area contributed by atoms with Crippen molar-refractivity contribution in [3.8, 4) is 5.75 Å². The van der Waals surface area contributed by atoms with Gasteiger partial charge in [-0.1, -0.05) is 54.6 Å². The van der Waals surface area contributed by atoms with Crippen LogP contribution >= 0.6 is 11.8 Å². The number of hydrogen-bond acceptors (Lipinski definition) is 4. The van der Waals surface area contributed by atoms with Gasteiger partial charge in [-0.2, -0.15) is 0 Å². The van der Waals surface area contributed by atoms with E-state index in [0.717, 1.165) is 17.3 Å². The largest absolute Gasteiger partial charge is 0.506 e. The molecule has 1 aliphatic heterocycles. The molecule has 5 heteroatoms. The first-order valence-corrected chi connectivity index (χ1v) is 7.83. The molecule has 3 rings (SSSR count). The molecular formula is C18H14N2O2S. The van der Waals surface area contributed by atoms with E-state index in [-0.39, 0.29) is 11.0 Å². The summed E-state index contributed by atoms with van der Waals surface area (Å²) in [6.07, 6.45) is 5.65. The predicted octanol–water partition coefficient (Wildman–Crippen LogP) is 4.48. The van der Waals surface area contributed by atoms with Gasteiger partial charge in [-0.15, -0.1) is 0 Å². The smallest absolute Gasteiger partial charge is 0.289 e. The van der Waals surface area contributed by atoms with Crippen LogP contribution < -0.4 is 5.32 Å². The average molecular weight is 322 g/mol. The van der Waals surface area contributed by atoms with E-state index in [1.807, 2.05) is 48.6 Å². The first-order chi connectivity index (χ1) is 11.2. The minimum absolute atomic E-state index is 0.0744. The van der Waals surface area contributed by atoms with Gasteiger partial charge in [-0.25, -0.2) is 4.99 Å². The fourth-order valence-corrected chi connectivity index (χ4v) is 2.71. The van der Waals surface area contributed by atoms with Gasteiger partial charge in [0.25, 0.3) is 5.24 Å². The van der Waals surface area contributed by atoms with Gasteiger partial charge in [0, 0.05) is 0 Å². The Hall–Kier alpha value is -2.79. The Bertz CT molecular complexity index is 811. The van der Waals surface area contributed by atoms with Gasteiger partial charge < -0.3 is 10.4 Å². The maximum absolute atomic E-state index is 11.6. The Labute approximate surface area is 138 Å². The topological polar surface area (TPSA) is 61.7 Å². The van der Waals surface area contributed by atoms with E-state index in [4.69, 9.17) is 0 Å². The van der Waals surface area contributed by atoms with Crippen molar-refractivity contribution in [3.05, 3.63) is 77.2 Å². The summed E-state index contributed by atoms with van der Waals surface area (Å²) >= 11 is 1.08. The highest BCUT2D eigenvalue weighted by Crippen LogP contribution is 2.30. The number of nitrogens with zero attached hydrogens (tertiary/aromatic N) is 1. The van der Waals surface area contributed by atoms with Crippen molar-refractivity contribution in [2.75, 3.05) is 0 Å². The second-order valence-corrected chi connectivity index (χ2v) is 5.78. The standard InChI is InChI=1S/C18H14N2O2S/c21-15-11-5-4-10-14(15)19-17-16(23-18(22)20-17)12-6-9-13-7-2-1-3-8-13/h1-12,21H,(H,19,20,22)/b9-6+,16-12+. The summed E-state index contributed by atoms with van der Waals surface area (Å²) in [4.78, 5) is 16.7. The molecule has 0 unspecified atom stereocenters. The lowest BCUT2D eigenvalue weighted by Crippen LogP contribution is -2.18. The quantitative estimate of drug-likeness (QED) is 0.876. The van der Waals surface area contributed by atoms with Crippen LogP contribution in [-0.4, -0.2) is 16.2 Å². The molecule has 2 aromatic carbocycles. The van der Waals surface area contributed by atoms with E-state index in [1.54, 1.807) is 24.3 Å². The number of benzene rings is 2. The molecule has 0 aliphatic carbocycles. The van der Waals surface area contributed by atoms with Crippen molar-refractivity contribution in [2.45, 2.75) is 0 Å². The van der Waals surface area contributed by atoms with Crippen LogP contribution in [0.3, 0.4) is 0 Å². The highest BCUT2D eigenvalue weighted by atomic mass is 32.2. The van der Waals surface area contributed by atoms with Crippen molar-refractivity contribution in [2.24, 2.45) is 4.99 Å². The van der Waals surface area contributed by atoms with Gasteiger partial charge in [-0.05, 0) is 35.5 Å². The summed E-state index contributed by atoms with van der Waals surface area (Å²) in [5, 5.41) is 12.3.